The SMILES string of the molecule is C=CN(C(NC=NC)=C(C)C)C1OC(CO)C(NC(=O)C(Cc2ccc(OC)cc2)NC(=O)C(CCCCNC(C)=O)NC(=O)OC(C)(C)C)C1O. The van der Waals surface area contributed by atoms with Gasteiger partial charge < -0.3 is 55.9 Å². The number of ether oxygens (including phenoxy) is 3. The molecule has 0 aliphatic carbocycles. The number of aliphatic imine (C=N–C) groups is 1. The fourth-order valence-corrected chi connectivity index (χ4v) is 5.43. The molecule has 16 nitrogen and oxygen atoms in total. The number of carbonyl (C=O) groups excluding carboxylic acids is 4. The molecule has 1 aromatic carbocycles. The molecular weight excluding hydrogens is 674 g/mol. The van der Waals surface area contributed by atoms with Gasteiger partial charge in [0.05, 0.1) is 26.1 Å². The van der Waals surface area contributed by atoms with Crippen molar-refractivity contribution >= 4 is 30.2 Å². The number of hydrogen-bond donors (Lipinski definition) is 7. The van der Waals surface area contributed by atoms with Crippen molar-refractivity contribution in [3.8, 4) is 5.75 Å². The average molecular weight is 732 g/mol. The van der Waals surface area contributed by atoms with E-state index in [4.69, 9.17) is 14.2 Å². The Morgan fingerprint density at radius 1 is 1.06 bits per heavy atom. The molecule has 1 fully saturated rings. The van der Waals surface area contributed by atoms with Gasteiger partial charge in [-0.2, -0.15) is 0 Å². The number of nitrogens with zero attached hydrogens (tertiary/aromatic N) is 2. The molecule has 6 unspecified atom stereocenters. The van der Waals surface area contributed by atoms with Crippen LogP contribution in [0.3, 0.4) is 0 Å². The van der Waals surface area contributed by atoms with Gasteiger partial charge in [-0.1, -0.05) is 18.7 Å². The number of benzene rings is 1. The summed E-state index contributed by atoms with van der Waals surface area (Å²) in [5.74, 6) is -0.369. The zero-order valence-corrected chi connectivity index (χ0v) is 31.5. The minimum absolute atomic E-state index is 0.0289. The van der Waals surface area contributed by atoms with Crippen LogP contribution in [0.1, 0.15) is 66.4 Å². The third-order valence-corrected chi connectivity index (χ3v) is 7.93. The van der Waals surface area contributed by atoms with E-state index in [0.717, 1.165) is 5.57 Å². The maximum Gasteiger partial charge on any atom is 0.408 e. The van der Waals surface area contributed by atoms with Gasteiger partial charge in [-0.15, -0.1) is 0 Å². The largest absolute Gasteiger partial charge is 0.497 e. The number of aliphatic hydroxyl groups is 2. The molecule has 290 valence electrons. The summed E-state index contributed by atoms with van der Waals surface area (Å²) >= 11 is 0. The van der Waals surface area contributed by atoms with Gasteiger partial charge in [-0.25, -0.2) is 4.79 Å². The maximum atomic E-state index is 14.1. The number of allylic oxidation sites excluding steroid dienone is 1. The highest BCUT2D eigenvalue weighted by Crippen LogP contribution is 2.27. The standard InChI is InChI=1S/C36H57N7O9/c1-10-43(31(22(2)3)39-21-37-8)34-30(46)29(28(20-44)51-34)42-33(48)27(19-24-14-16-25(50-9)17-15-24)40-32(47)26(13-11-12-18-38-23(4)45)41-35(49)52-36(5,6)7/h10,14-17,21,26-30,34,44,46H,1,11-13,18-20H2,2-9H3,(H,37,39)(H,38,45)(H,40,47)(H,41,49)(H,42,48). The molecule has 4 amide bonds. The second-order valence-corrected chi connectivity index (χ2v) is 13.5. The van der Waals surface area contributed by atoms with Crippen molar-refractivity contribution in [1.29, 1.82) is 0 Å². The van der Waals surface area contributed by atoms with Crippen molar-refractivity contribution in [2.24, 2.45) is 4.99 Å². The summed E-state index contributed by atoms with van der Waals surface area (Å²) in [6.07, 6.45) is -0.115. The van der Waals surface area contributed by atoms with E-state index < -0.39 is 66.7 Å². The normalized spacial score (nSPS) is 19.5. The molecule has 0 bridgehead atoms. The van der Waals surface area contributed by atoms with E-state index in [1.165, 1.54) is 26.6 Å². The zero-order chi connectivity index (χ0) is 39.0. The van der Waals surface area contributed by atoms with Crippen LogP contribution in [-0.4, -0.2) is 115 Å². The summed E-state index contributed by atoms with van der Waals surface area (Å²) in [4.78, 5) is 57.5. The summed E-state index contributed by atoms with van der Waals surface area (Å²) in [6, 6.07) is 3.56. The van der Waals surface area contributed by atoms with Crippen LogP contribution in [0.2, 0.25) is 0 Å². The van der Waals surface area contributed by atoms with Crippen LogP contribution in [0.4, 0.5) is 4.79 Å². The van der Waals surface area contributed by atoms with E-state index in [0.29, 0.717) is 36.5 Å². The number of methoxy groups -OCH3 is 1. The number of nitrogens with one attached hydrogen (secondary N) is 5. The highest BCUT2D eigenvalue weighted by Gasteiger charge is 2.47. The van der Waals surface area contributed by atoms with Gasteiger partial charge in [0.25, 0.3) is 0 Å². The molecule has 6 atom stereocenters. The van der Waals surface area contributed by atoms with E-state index in [1.54, 1.807) is 57.0 Å². The van der Waals surface area contributed by atoms with E-state index in [1.807, 2.05) is 13.8 Å². The molecule has 0 spiro atoms. The molecule has 0 saturated carbocycles. The van der Waals surface area contributed by atoms with Gasteiger partial charge in [-0.3, -0.25) is 19.4 Å². The fraction of sp³-hybridized carbons (Fsp3) is 0.583. The molecule has 1 saturated heterocycles. The maximum absolute atomic E-state index is 14.1. The number of alkyl carbamates (subject to hydrolysis) is 1. The Hall–Kier alpha value is -4.67. The topological polar surface area (TPSA) is 212 Å². The molecule has 1 heterocycles. The van der Waals surface area contributed by atoms with E-state index in [-0.39, 0.29) is 18.7 Å². The van der Waals surface area contributed by atoms with Gasteiger partial charge in [-0.05, 0) is 77.2 Å². The van der Waals surface area contributed by atoms with Crippen LogP contribution in [0.5, 0.6) is 5.75 Å². The zero-order valence-electron chi connectivity index (χ0n) is 31.5. The number of hydrogen-bond acceptors (Lipinski definition) is 11. The third-order valence-electron chi connectivity index (χ3n) is 7.93. The van der Waals surface area contributed by atoms with Crippen molar-refractivity contribution < 1.29 is 43.6 Å². The van der Waals surface area contributed by atoms with E-state index in [2.05, 4.69) is 38.2 Å². The van der Waals surface area contributed by atoms with Crippen molar-refractivity contribution in [3.63, 3.8) is 0 Å². The number of carbonyl (C=O) groups is 4. The summed E-state index contributed by atoms with van der Waals surface area (Å²) in [5, 5.41) is 35.7. The van der Waals surface area contributed by atoms with Crippen molar-refractivity contribution in [1.82, 2.24) is 31.5 Å². The van der Waals surface area contributed by atoms with Crippen molar-refractivity contribution in [3.05, 3.63) is 54.0 Å². The van der Waals surface area contributed by atoms with Crippen LogP contribution in [0.25, 0.3) is 0 Å². The predicted molar refractivity (Wildman–Crippen MR) is 196 cm³/mol. The second-order valence-electron chi connectivity index (χ2n) is 13.5. The lowest BCUT2D eigenvalue weighted by atomic mass is 10.0. The number of rotatable bonds is 19. The molecule has 1 aromatic rings. The van der Waals surface area contributed by atoms with E-state index in [9.17, 15) is 29.4 Å². The minimum Gasteiger partial charge on any atom is -0.497 e. The van der Waals surface area contributed by atoms with Crippen molar-refractivity contribution in [2.45, 2.75) is 109 Å². The highest BCUT2D eigenvalue weighted by atomic mass is 16.6. The van der Waals surface area contributed by atoms with Crippen LogP contribution in [0, 0.1) is 0 Å². The first-order chi connectivity index (χ1) is 24.5. The second kappa shape index (κ2) is 21.0. The van der Waals surface area contributed by atoms with Crippen LogP contribution < -0.4 is 31.3 Å². The lowest BCUT2D eigenvalue weighted by Crippen LogP contribution is -2.58. The van der Waals surface area contributed by atoms with Crippen LogP contribution in [0.15, 0.2) is 53.4 Å². The summed E-state index contributed by atoms with van der Waals surface area (Å²) < 4.78 is 16.7. The Bertz CT molecular complexity index is 1410. The first-order valence-electron chi connectivity index (χ1n) is 17.2. The van der Waals surface area contributed by atoms with Gasteiger partial charge in [0.15, 0.2) is 6.23 Å². The Balaban J connectivity index is 2.39. The lowest BCUT2D eigenvalue weighted by Gasteiger charge is -2.32. The van der Waals surface area contributed by atoms with Crippen molar-refractivity contribution in [2.75, 3.05) is 27.3 Å². The molecule has 7 N–H and O–H groups in total. The van der Waals surface area contributed by atoms with Gasteiger partial charge >= 0.3 is 6.09 Å². The molecular formula is C36H57N7O9. The molecule has 0 aromatic heterocycles. The minimum atomic E-state index is -1.35. The number of aliphatic hydroxyl groups excluding tert-OH is 2. The Kier molecular flexibility index (Phi) is 17.6. The summed E-state index contributed by atoms with van der Waals surface area (Å²) in [7, 11) is 3.12. The fourth-order valence-electron chi connectivity index (χ4n) is 5.43. The highest BCUT2D eigenvalue weighted by molar-refractivity contribution is 5.91. The Morgan fingerprint density at radius 3 is 2.27 bits per heavy atom. The van der Waals surface area contributed by atoms with Gasteiger partial charge in [0.2, 0.25) is 17.7 Å². The average Bonchev–Trinajstić information content (AvgIpc) is 3.38. The monoisotopic (exact) mass is 731 g/mol. The molecule has 0 radical (unpaired) electrons. The molecule has 1 aliphatic heterocycles. The van der Waals surface area contributed by atoms with Crippen LogP contribution >= 0.6 is 0 Å². The number of amides is 4. The summed E-state index contributed by atoms with van der Waals surface area (Å²) in [6.45, 7) is 13.9. The molecule has 2 rings (SSSR count). The Morgan fingerprint density at radius 2 is 1.73 bits per heavy atom. The van der Waals surface area contributed by atoms with Gasteiger partial charge in [0, 0.05) is 33.1 Å². The first-order valence-corrected chi connectivity index (χ1v) is 17.2. The number of unbranched alkanes of at least 4 members (excludes halogenated alkanes) is 1. The predicted octanol–water partition coefficient (Wildman–Crippen LogP) is 1.43. The molecule has 52 heavy (non-hydrogen) atoms. The quantitative estimate of drug-likeness (QED) is 0.0615. The van der Waals surface area contributed by atoms with E-state index >= 15 is 0 Å². The Labute approximate surface area is 306 Å². The smallest absolute Gasteiger partial charge is 0.408 e. The first kappa shape index (κ1) is 43.5. The molecule has 16 heteroatoms. The third kappa shape index (κ3) is 13.8. The molecule has 1 aliphatic rings. The lowest BCUT2D eigenvalue weighted by molar-refractivity contribution is -0.131. The van der Waals surface area contributed by atoms with Gasteiger partial charge in [0.1, 0.15) is 41.5 Å². The van der Waals surface area contributed by atoms with Crippen LogP contribution in [-0.2, 0) is 30.3 Å². The summed E-state index contributed by atoms with van der Waals surface area (Å²) in [5.41, 5.74) is 0.671.